The topological polar surface area (TPSA) is 45.5 Å². The molecule has 0 radical (unpaired) electrons. The fraction of sp³-hybridized carbons (Fsp3) is 0.500. The molecule has 1 atom stereocenters. The zero-order valence-corrected chi connectivity index (χ0v) is 15.3. The second-order valence-electron chi connectivity index (χ2n) is 7.60. The van der Waals surface area contributed by atoms with Crippen LogP contribution in [-0.4, -0.2) is 23.9 Å². The quantitative estimate of drug-likeness (QED) is 0.882. The van der Waals surface area contributed by atoms with Crippen LogP contribution in [0.5, 0.6) is 0 Å². The maximum absolute atomic E-state index is 12.6. The Balaban J connectivity index is 1.44. The average molecular weight is 352 g/mol. The first kappa shape index (κ1) is 17.3. The minimum atomic E-state index is 0.0888. The molecule has 1 saturated carbocycles. The van der Waals surface area contributed by atoms with E-state index in [0.717, 1.165) is 38.1 Å². The molecule has 1 amide bonds. The third-order valence-electron chi connectivity index (χ3n) is 5.92. The maximum atomic E-state index is 12.6. The number of amides is 1. The summed E-state index contributed by atoms with van der Waals surface area (Å²) in [7, 11) is 0. The van der Waals surface area contributed by atoms with Crippen LogP contribution in [0.2, 0.25) is 0 Å². The number of nitrogens with zero attached hydrogens (tertiary/aromatic N) is 1. The first-order valence-electron chi connectivity index (χ1n) is 9.93. The van der Waals surface area contributed by atoms with Gasteiger partial charge < -0.3 is 9.73 Å². The SMILES string of the molecule is O=C(NCC(c1ccco1)N1CCc2ccccc2C1)C1CCCCC1. The van der Waals surface area contributed by atoms with Crippen molar-refractivity contribution in [2.45, 2.75) is 51.1 Å². The van der Waals surface area contributed by atoms with E-state index in [-0.39, 0.29) is 17.9 Å². The third-order valence-corrected chi connectivity index (χ3v) is 5.92. The molecule has 4 rings (SSSR count). The van der Waals surface area contributed by atoms with Crippen LogP contribution in [0, 0.1) is 5.92 Å². The molecule has 1 fully saturated rings. The molecular weight excluding hydrogens is 324 g/mol. The number of hydrogen-bond donors (Lipinski definition) is 1. The van der Waals surface area contributed by atoms with Gasteiger partial charge in [0.25, 0.3) is 0 Å². The van der Waals surface area contributed by atoms with Crippen LogP contribution < -0.4 is 5.32 Å². The van der Waals surface area contributed by atoms with Gasteiger partial charge in [0.2, 0.25) is 5.91 Å². The summed E-state index contributed by atoms with van der Waals surface area (Å²) in [5, 5.41) is 3.22. The molecular formula is C22H28N2O2. The van der Waals surface area contributed by atoms with Gasteiger partial charge in [-0.3, -0.25) is 9.69 Å². The van der Waals surface area contributed by atoms with Crippen molar-refractivity contribution in [1.29, 1.82) is 0 Å². The molecule has 138 valence electrons. The Labute approximate surface area is 155 Å². The maximum Gasteiger partial charge on any atom is 0.223 e. The number of carbonyl (C=O) groups is 1. The lowest BCUT2D eigenvalue weighted by Crippen LogP contribution is -2.42. The molecule has 1 unspecified atom stereocenters. The van der Waals surface area contributed by atoms with Crippen molar-refractivity contribution in [3.63, 3.8) is 0 Å². The molecule has 1 aliphatic carbocycles. The minimum Gasteiger partial charge on any atom is -0.468 e. The Morgan fingerprint density at radius 1 is 1.12 bits per heavy atom. The van der Waals surface area contributed by atoms with Crippen LogP contribution in [0.4, 0.5) is 0 Å². The number of rotatable bonds is 5. The van der Waals surface area contributed by atoms with Crippen molar-refractivity contribution in [1.82, 2.24) is 10.2 Å². The van der Waals surface area contributed by atoms with E-state index in [2.05, 4.69) is 34.5 Å². The molecule has 0 saturated heterocycles. The lowest BCUT2D eigenvalue weighted by atomic mass is 9.88. The zero-order chi connectivity index (χ0) is 17.8. The third kappa shape index (κ3) is 3.85. The highest BCUT2D eigenvalue weighted by Crippen LogP contribution is 2.28. The van der Waals surface area contributed by atoms with Crippen molar-refractivity contribution < 1.29 is 9.21 Å². The van der Waals surface area contributed by atoms with Crippen LogP contribution >= 0.6 is 0 Å². The molecule has 1 aromatic carbocycles. The monoisotopic (exact) mass is 352 g/mol. The van der Waals surface area contributed by atoms with Gasteiger partial charge in [-0.25, -0.2) is 0 Å². The normalized spacial score (nSPS) is 19.7. The van der Waals surface area contributed by atoms with E-state index in [1.807, 2.05) is 12.1 Å². The average Bonchev–Trinajstić information content (AvgIpc) is 3.23. The second-order valence-corrected chi connectivity index (χ2v) is 7.60. The predicted octanol–water partition coefficient (Wildman–Crippen LogP) is 4.08. The van der Waals surface area contributed by atoms with Crippen LogP contribution in [0.3, 0.4) is 0 Å². The van der Waals surface area contributed by atoms with E-state index in [4.69, 9.17) is 4.42 Å². The minimum absolute atomic E-state index is 0.0888. The summed E-state index contributed by atoms with van der Waals surface area (Å²) in [6.45, 7) is 2.51. The fourth-order valence-electron chi connectivity index (χ4n) is 4.38. The first-order chi connectivity index (χ1) is 12.8. The van der Waals surface area contributed by atoms with Crippen molar-refractivity contribution >= 4 is 5.91 Å². The predicted molar refractivity (Wildman–Crippen MR) is 102 cm³/mol. The van der Waals surface area contributed by atoms with Gasteiger partial charge in [0.1, 0.15) is 5.76 Å². The van der Waals surface area contributed by atoms with Crippen LogP contribution in [0.1, 0.15) is 55.0 Å². The van der Waals surface area contributed by atoms with Gasteiger partial charge in [0.05, 0.1) is 12.3 Å². The molecule has 4 heteroatoms. The van der Waals surface area contributed by atoms with Gasteiger partial charge in [-0.05, 0) is 42.5 Å². The molecule has 1 aromatic heterocycles. The van der Waals surface area contributed by atoms with E-state index < -0.39 is 0 Å². The lowest BCUT2D eigenvalue weighted by molar-refractivity contribution is -0.126. The first-order valence-corrected chi connectivity index (χ1v) is 9.93. The van der Waals surface area contributed by atoms with Crippen LogP contribution in [0.25, 0.3) is 0 Å². The van der Waals surface area contributed by atoms with E-state index >= 15 is 0 Å². The number of benzene rings is 1. The number of carbonyl (C=O) groups excluding carboxylic acids is 1. The molecule has 0 bridgehead atoms. The zero-order valence-electron chi connectivity index (χ0n) is 15.3. The molecule has 26 heavy (non-hydrogen) atoms. The fourth-order valence-corrected chi connectivity index (χ4v) is 4.38. The Morgan fingerprint density at radius 2 is 1.92 bits per heavy atom. The standard InChI is InChI=1S/C22H28N2O2/c25-22(18-8-2-1-3-9-18)23-15-20(21-11-6-14-26-21)24-13-12-17-7-4-5-10-19(17)16-24/h4-7,10-11,14,18,20H,1-3,8-9,12-13,15-16H2,(H,23,25). The van der Waals surface area contributed by atoms with Crippen molar-refractivity contribution in [3.05, 3.63) is 59.5 Å². The van der Waals surface area contributed by atoms with Gasteiger partial charge in [0.15, 0.2) is 0 Å². The van der Waals surface area contributed by atoms with Crippen molar-refractivity contribution in [2.75, 3.05) is 13.1 Å². The van der Waals surface area contributed by atoms with E-state index in [0.29, 0.717) is 6.54 Å². The largest absolute Gasteiger partial charge is 0.468 e. The Bertz CT molecular complexity index is 720. The van der Waals surface area contributed by atoms with E-state index in [1.165, 1.54) is 30.4 Å². The summed E-state index contributed by atoms with van der Waals surface area (Å²) in [6.07, 6.45) is 8.48. The van der Waals surface area contributed by atoms with E-state index in [1.54, 1.807) is 6.26 Å². The smallest absolute Gasteiger partial charge is 0.223 e. The Hall–Kier alpha value is -2.07. The Morgan fingerprint density at radius 3 is 2.69 bits per heavy atom. The van der Waals surface area contributed by atoms with Gasteiger partial charge in [-0.1, -0.05) is 43.5 Å². The summed E-state index contributed by atoms with van der Waals surface area (Å²) >= 11 is 0. The van der Waals surface area contributed by atoms with Gasteiger partial charge in [0, 0.05) is 25.6 Å². The van der Waals surface area contributed by atoms with E-state index in [9.17, 15) is 4.79 Å². The number of furan rings is 1. The summed E-state index contributed by atoms with van der Waals surface area (Å²) in [5.41, 5.74) is 2.82. The highest BCUT2D eigenvalue weighted by molar-refractivity contribution is 5.78. The summed E-state index contributed by atoms with van der Waals surface area (Å²) < 4.78 is 5.72. The number of fused-ring (bicyclic) bond motifs is 1. The number of hydrogen-bond acceptors (Lipinski definition) is 3. The summed E-state index contributed by atoms with van der Waals surface area (Å²) in [5.74, 6) is 1.36. The molecule has 2 aliphatic rings. The molecule has 0 spiro atoms. The molecule has 2 aromatic rings. The lowest BCUT2D eigenvalue weighted by Gasteiger charge is -2.35. The molecule has 2 heterocycles. The van der Waals surface area contributed by atoms with Crippen LogP contribution in [-0.2, 0) is 17.8 Å². The highest BCUT2D eigenvalue weighted by atomic mass is 16.3. The van der Waals surface area contributed by atoms with Gasteiger partial charge >= 0.3 is 0 Å². The summed E-state index contributed by atoms with van der Waals surface area (Å²) in [4.78, 5) is 15.0. The Kier molecular flexibility index (Phi) is 5.40. The van der Waals surface area contributed by atoms with Gasteiger partial charge in [-0.15, -0.1) is 0 Å². The molecule has 1 N–H and O–H groups in total. The van der Waals surface area contributed by atoms with Crippen LogP contribution in [0.15, 0.2) is 47.1 Å². The number of nitrogens with one attached hydrogen (secondary N) is 1. The summed E-state index contributed by atoms with van der Waals surface area (Å²) in [6, 6.07) is 12.7. The molecule has 1 aliphatic heterocycles. The van der Waals surface area contributed by atoms with Crippen molar-refractivity contribution in [2.24, 2.45) is 5.92 Å². The van der Waals surface area contributed by atoms with Gasteiger partial charge in [-0.2, -0.15) is 0 Å². The highest BCUT2D eigenvalue weighted by Gasteiger charge is 2.28. The van der Waals surface area contributed by atoms with Crippen molar-refractivity contribution in [3.8, 4) is 0 Å². The molecule has 4 nitrogen and oxygen atoms in total. The second kappa shape index (κ2) is 8.09.